The maximum atomic E-state index is 12.9. The zero-order valence-corrected chi connectivity index (χ0v) is 15.1. The van der Waals surface area contributed by atoms with Crippen LogP contribution in [0.3, 0.4) is 0 Å². The predicted molar refractivity (Wildman–Crippen MR) is 108 cm³/mol. The summed E-state index contributed by atoms with van der Waals surface area (Å²) < 4.78 is 0. The molecule has 0 bridgehead atoms. The minimum Gasteiger partial charge on any atom is -0.378 e. The average molecular weight is 357 g/mol. The van der Waals surface area contributed by atoms with Crippen LogP contribution in [-0.2, 0) is 0 Å². The summed E-state index contributed by atoms with van der Waals surface area (Å²) in [6, 6.07) is 13.2. The summed E-state index contributed by atoms with van der Waals surface area (Å²) >= 11 is 0. The minimum absolute atomic E-state index is 0.160. The van der Waals surface area contributed by atoms with Crippen LogP contribution >= 0.6 is 0 Å². The van der Waals surface area contributed by atoms with Gasteiger partial charge in [0.2, 0.25) is 0 Å². The van der Waals surface area contributed by atoms with Crippen molar-refractivity contribution in [1.82, 2.24) is 15.0 Å². The maximum Gasteiger partial charge on any atom is 0.255 e. The normalized spacial score (nSPS) is 10.7. The van der Waals surface area contributed by atoms with Crippen LogP contribution in [0.2, 0.25) is 0 Å². The first-order valence-corrected chi connectivity index (χ1v) is 8.58. The second-order valence-electron chi connectivity index (χ2n) is 6.43. The summed E-state index contributed by atoms with van der Waals surface area (Å²) in [5.74, 6) is -0.160. The van der Waals surface area contributed by atoms with Crippen LogP contribution in [0.25, 0.3) is 22.2 Å². The van der Waals surface area contributed by atoms with Crippen molar-refractivity contribution in [3.05, 3.63) is 72.8 Å². The fraction of sp³-hybridized carbons (Fsp3) is 0.0952. The van der Waals surface area contributed by atoms with E-state index in [0.29, 0.717) is 5.56 Å². The number of carbonyl (C=O) groups is 1. The van der Waals surface area contributed by atoms with Crippen molar-refractivity contribution in [2.45, 2.75) is 0 Å². The molecule has 0 aliphatic rings. The summed E-state index contributed by atoms with van der Waals surface area (Å²) in [4.78, 5) is 26.5. The van der Waals surface area contributed by atoms with E-state index in [1.54, 1.807) is 24.8 Å². The number of aromatic amines is 1. The highest BCUT2D eigenvalue weighted by Crippen LogP contribution is 2.34. The molecule has 0 unspecified atom stereocenters. The number of nitrogens with one attached hydrogen (secondary N) is 2. The number of pyridine rings is 2. The van der Waals surface area contributed by atoms with Crippen LogP contribution < -0.4 is 10.2 Å². The number of anilines is 2. The van der Waals surface area contributed by atoms with Crippen LogP contribution in [0.15, 0.2) is 67.3 Å². The van der Waals surface area contributed by atoms with E-state index in [0.717, 1.165) is 33.5 Å². The molecule has 0 fully saturated rings. The van der Waals surface area contributed by atoms with Crippen LogP contribution in [0.4, 0.5) is 11.4 Å². The topological polar surface area (TPSA) is 73.9 Å². The molecule has 4 aromatic rings. The number of amides is 1. The molecule has 0 aliphatic carbocycles. The van der Waals surface area contributed by atoms with Gasteiger partial charge in [0.25, 0.3) is 5.91 Å². The van der Waals surface area contributed by atoms with Gasteiger partial charge in [0, 0.05) is 54.9 Å². The van der Waals surface area contributed by atoms with E-state index < -0.39 is 0 Å². The first-order valence-electron chi connectivity index (χ1n) is 8.58. The standard InChI is InChI=1S/C21H19N5O/c1-26(2)16-5-3-4-15(12-16)21(27)25-20-17-8-11-23-13-18(17)24-19(20)14-6-9-22-10-7-14/h3-13,24H,1-2H3,(H,25,27). The van der Waals surface area contributed by atoms with Gasteiger partial charge >= 0.3 is 0 Å². The zero-order chi connectivity index (χ0) is 18.8. The van der Waals surface area contributed by atoms with Gasteiger partial charge in [-0.15, -0.1) is 0 Å². The van der Waals surface area contributed by atoms with Gasteiger partial charge in [-0.3, -0.25) is 14.8 Å². The highest BCUT2D eigenvalue weighted by Gasteiger charge is 2.17. The third kappa shape index (κ3) is 3.25. The van der Waals surface area contributed by atoms with Crippen LogP contribution in [0.5, 0.6) is 0 Å². The smallest absolute Gasteiger partial charge is 0.255 e. The molecule has 0 radical (unpaired) electrons. The van der Waals surface area contributed by atoms with E-state index in [2.05, 4.69) is 20.3 Å². The Morgan fingerprint density at radius 2 is 1.81 bits per heavy atom. The van der Waals surface area contributed by atoms with Crippen LogP contribution in [0.1, 0.15) is 10.4 Å². The SMILES string of the molecule is CN(C)c1cccc(C(=O)Nc2c(-c3ccncc3)[nH]c3cnccc23)c1. The van der Waals surface area contributed by atoms with Gasteiger partial charge in [-0.1, -0.05) is 6.07 Å². The Kier molecular flexibility index (Phi) is 4.30. The second-order valence-corrected chi connectivity index (χ2v) is 6.43. The molecule has 3 aromatic heterocycles. The zero-order valence-electron chi connectivity index (χ0n) is 15.1. The largest absolute Gasteiger partial charge is 0.378 e. The Balaban J connectivity index is 1.77. The third-order valence-electron chi connectivity index (χ3n) is 4.43. The third-order valence-corrected chi connectivity index (χ3v) is 4.43. The van der Waals surface area contributed by atoms with Crippen molar-refractivity contribution in [3.8, 4) is 11.3 Å². The quantitative estimate of drug-likeness (QED) is 0.580. The lowest BCUT2D eigenvalue weighted by molar-refractivity contribution is 0.102. The molecule has 3 heterocycles. The summed E-state index contributed by atoms with van der Waals surface area (Å²) in [5.41, 5.74) is 4.95. The minimum atomic E-state index is -0.160. The van der Waals surface area contributed by atoms with E-state index >= 15 is 0 Å². The fourth-order valence-electron chi connectivity index (χ4n) is 3.02. The predicted octanol–water partition coefficient (Wildman–Crippen LogP) is 3.94. The van der Waals surface area contributed by atoms with Crippen LogP contribution in [0, 0.1) is 0 Å². The highest BCUT2D eigenvalue weighted by atomic mass is 16.1. The molecule has 0 saturated carbocycles. The van der Waals surface area contributed by atoms with Gasteiger partial charge in [0.15, 0.2) is 0 Å². The number of fused-ring (bicyclic) bond motifs is 1. The van der Waals surface area contributed by atoms with Gasteiger partial charge in [-0.25, -0.2) is 0 Å². The number of H-pyrrole nitrogens is 1. The van der Waals surface area contributed by atoms with Crippen molar-refractivity contribution < 1.29 is 4.79 Å². The average Bonchev–Trinajstić information content (AvgIpc) is 3.07. The lowest BCUT2D eigenvalue weighted by Crippen LogP contribution is -2.14. The van der Waals surface area contributed by atoms with Crippen molar-refractivity contribution in [2.75, 3.05) is 24.3 Å². The van der Waals surface area contributed by atoms with Gasteiger partial charge in [-0.05, 0) is 36.4 Å². The molecule has 134 valence electrons. The van der Waals surface area contributed by atoms with E-state index in [1.807, 2.05) is 61.5 Å². The highest BCUT2D eigenvalue weighted by molar-refractivity contribution is 6.12. The molecule has 0 spiro atoms. The van der Waals surface area contributed by atoms with E-state index in [1.165, 1.54) is 0 Å². The van der Waals surface area contributed by atoms with Crippen molar-refractivity contribution in [2.24, 2.45) is 0 Å². The lowest BCUT2D eigenvalue weighted by atomic mass is 10.1. The van der Waals surface area contributed by atoms with E-state index in [9.17, 15) is 4.79 Å². The van der Waals surface area contributed by atoms with Gasteiger partial charge < -0.3 is 15.2 Å². The van der Waals surface area contributed by atoms with Crippen molar-refractivity contribution in [3.63, 3.8) is 0 Å². The molecule has 1 amide bonds. The number of nitrogens with zero attached hydrogens (tertiary/aromatic N) is 3. The number of rotatable bonds is 4. The summed E-state index contributed by atoms with van der Waals surface area (Å²) in [5, 5.41) is 3.99. The Morgan fingerprint density at radius 1 is 1.04 bits per heavy atom. The number of benzene rings is 1. The number of hydrogen-bond acceptors (Lipinski definition) is 4. The molecule has 27 heavy (non-hydrogen) atoms. The molecule has 1 aromatic carbocycles. The van der Waals surface area contributed by atoms with Gasteiger partial charge in [-0.2, -0.15) is 0 Å². The van der Waals surface area contributed by atoms with Crippen molar-refractivity contribution >= 4 is 28.2 Å². The Morgan fingerprint density at radius 3 is 2.59 bits per heavy atom. The second kappa shape index (κ2) is 6.92. The summed E-state index contributed by atoms with van der Waals surface area (Å²) in [6.45, 7) is 0. The molecule has 6 nitrogen and oxygen atoms in total. The first-order chi connectivity index (χ1) is 13.1. The van der Waals surface area contributed by atoms with Gasteiger partial charge in [0.05, 0.1) is 23.1 Å². The molecule has 4 rings (SSSR count). The molecule has 2 N–H and O–H groups in total. The number of carbonyl (C=O) groups excluding carboxylic acids is 1. The number of hydrogen-bond donors (Lipinski definition) is 2. The molecule has 0 atom stereocenters. The Labute approximate surface area is 156 Å². The first kappa shape index (κ1) is 16.8. The van der Waals surface area contributed by atoms with E-state index in [4.69, 9.17) is 0 Å². The molecule has 0 saturated heterocycles. The molecular formula is C21H19N5O. The van der Waals surface area contributed by atoms with Gasteiger partial charge in [0.1, 0.15) is 0 Å². The number of aromatic nitrogens is 3. The molecular weight excluding hydrogens is 338 g/mol. The molecule has 0 aliphatic heterocycles. The Bertz CT molecular complexity index is 1100. The van der Waals surface area contributed by atoms with Crippen molar-refractivity contribution in [1.29, 1.82) is 0 Å². The molecule has 6 heteroatoms. The maximum absolute atomic E-state index is 12.9. The monoisotopic (exact) mass is 357 g/mol. The Hall–Kier alpha value is -3.67. The van der Waals surface area contributed by atoms with E-state index in [-0.39, 0.29) is 5.91 Å². The lowest BCUT2D eigenvalue weighted by Gasteiger charge is -2.14. The summed E-state index contributed by atoms with van der Waals surface area (Å²) in [7, 11) is 3.90. The van der Waals surface area contributed by atoms with Crippen LogP contribution in [-0.4, -0.2) is 35.0 Å². The fourth-order valence-corrected chi connectivity index (χ4v) is 3.02. The summed E-state index contributed by atoms with van der Waals surface area (Å²) in [6.07, 6.45) is 6.92.